The molecule has 1 amide bonds. The monoisotopic (exact) mass is 371 g/mol. The topological polar surface area (TPSA) is 49.6 Å². The first-order valence-corrected chi connectivity index (χ1v) is 9.26. The van der Waals surface area contributed by atoms with Crippen molar-refractivity contribution in [2.24, 2.45) is 5.73 Å². The minimum atomic E-state index is -4.31. The van der Waals surface area contributed by atoms with E-state index in [0.29, 0.717) is 51.3 Å². The highest BCUT2D eigenvalue weighted by Gasteiger charge is 2.30. The van der Waals surface area contributed by atoms with E-state index < -0.39 is 11.7 Å². The summed E-state index contributed by atoms with van der Waals surface area (Å²) in [6, 6.07) is 5.46. The molecule has 0 spiro atoms. The molecule has 0 radical (unpaired) electrons. The van der Waals surface area contributed by atoms with Crippen LogP contribution in [0.2, 0.25) is 0 Å². The van der Waals surface area contributed by atoms with Crippen molar-refractivity contribution in [3.63, 3.8) is 0 Å². The lowest BCUT2D eigenvalue weighted by Crippen LogP contribution is -2.48. The van der Waals surface area contributed by atoms with Crippen LogP contribution in [0.5, 0.6) is 0 Å². The third-order valence-electron chi connectivity index (χ3n) is 4.73. The van der Waals surface area contributed by atoms with Crippen molar-refractivity contribution >= 4 is 5.91 Å². The molecule has 0 aromatic heterocycles. The molecule has 4 nitrogen and oxygen atoms in total. The smallest absolute Gasteiger partial charge is 0.340 e. The number of nitrogens with two attached hydrogens (primary N) is 1. The lowest BCUT2D eigenvalue weighted by Gasteiger charge is -2.35. The fourth-order valence-electron chi connectivity index (χ4n) is 3.19. The summed E-state index contributed by atoms with van der Waals surface area (Å²) in [4.78, 5) is 16.2. The molecule has 146 valence electrons. The molecular formula is C19H28F3N3O. The van der Waals surface area contributed by atoms with Gasteiger partial charge in [-0.05, 0) is 31.0 Å². The number of hydrogen-bond acceptors (Lipinski definition) is 3. The van der Waals surface area contributed by atoms with E-state index >= 15 is 0 Å². The Bertz CT molecular complexity index is 569. The molecule has 1 saturated heterocycles. The Morgan fingerprint density at radius 3 is 2.38 bits per heavy atom. The third-order valence-corrected chi connectivity index (χ3v) is 4.73. The second-order valence-electron chi connectivity index (χ2n) is 6.81. The molecule has 0 unspecified atom stereocenters. The Kier molecular flexibility index (Phi) is 7.90. The zero-order valence-electron chi connectivity index (χ0n) is 15.1. The normalized spacial score (nSPS) is 16.1. The third kappa shape index (κ3) is 6.61. The molecule has 0 atom stereocenters. The predicted octanol–water partition coefficient (Wildman–Crippen LogP) is 3.26. The van der Waals surface area contributed by atoms with Crippen molar-refractivity contribution in [2.45, 2.75) is 44.8 Å². The first-order valence-electron chi connectivity index (χ1n) is 9.26. The van der Waals surface area contributed by atoms with Crippen LogP contribution in [0.4, 0.5) is 13.2 Å². The van der Waals surface area contributed by atoms with Crippen LogP contribution in [0.3, 0.4) is 0 Å². The first kappa shape index (κ1) is 20.7. The molecule has 2 N–H and O–H groups in total. The summed E-state index contributed by atoms with van der Waals surface area (Å²) in [6.45, 7) is 3.83. The van der Waals surface area contributed by atoms with Gasteiger partial charge in [0.05, 0.1) is 5.56 Å². The van der Waals surface area contributed by atoms with Gasteiger partial charge in [0.2, 0.25) is 5.91 Å². The van der Waals surface area contributed by atoms with Crippen molar-refractivity contribution in [1.82, 2.24) is 9.80 Å². The molecule has 0 aliphatic carbocycles. The molecule has 1 fully saturated rings. The summed E-state index contributed by atoms with van der Waals surface area (Å²) in [7, 11) is 0. The summed E-state index contributed by atoms with van der Waals surface area (Å²) >= 11 is 0. The maximum Gasteiger partial charge on any atom is 0.416 e. The Hall–Kier alpha value is -1.60. The minimum absolute atomic E-state index is 0.177. The van der Waals surface area contributed by atoms with Crippen molar-refractivity contribution in [3.05, 3.63) is 35.4 Å². The van der Waals surface area contributed by atoms with Gasteiger partial charge in [-0.25, -0.2) is 0 Å². The van der Waals surface area contributed by atoms with Gasteiger partial charge in [-0.2, -0.15) is 13.2 Å². The van der Waals surface area contributed by atoms with E-state index in [1.54, 1.807) is 6.07 Å². The quantitative estimate of drug-likeness (QED) is 0.714. The number of hydrogen-bond donors (Lipinski definition) is 1. The van der Waals surface area contributed by atoms with Crippen LogP contribution in [-0.4, -0.2) is 48.4 Å². The van der Waals surface area contributed by atoms with E-state index in [9.17, 15) is 18.0 Å². The number of carbonyl (C=O) groups is 1. The molecule has 1 aliphatic heterocycles. The second-order valence-corrected chi connectivity index (χ2v) is 6.81. The molecular weight excluding hydrogens is 343 g/mol. The minimum Gasteiger partial charge on any atom is -0.340 e. The molecule has 0 saturated carbocycles. The number of piperazine rings is 1. The van der Waals surface area contributed by atoms with Crippen LogP contribution in [-0.2, 0) is 17.5 Å². The van der Waals surface area contributed by atoms with E-state index in [4.69, 9.17) is 5.73 Å². The molecule has 7 heteroatoms. The van der Waals surface area contributed by atoms with Gasteiger partial charge in [-0.15, -0.1) is 0 Å². The standard InChI is InChI=1S/C19H28F3N3O/c20-19(21,22)17-7-5-6-16(14-17)15-24-10-12-25(13-11-24)18(26)8-3-1-2-4-9-23/h5-7,14H,1-4,8-13,15,23H2. The van der Waals surface area contributed by atoms with Crippen molar-refractivity contribution in [2.75, 3.05) is 32.7 Å². The number of halogens is 3. The largest absolute Gasteiger partial charge is 0.416 e. The molecule has 1 heterocycles. The molecule has 1 aromatic rings. The van der Waals surface area contributed by atoms with Gasteiger partial charge in [0, 0.05) is 39.1 Å². The fraction of sp³-hybridized carbons (Fsp3) is 0.632. The average molecular weight is 371 g/mol. The van der Waals surface area contributed by atoms with Gasteiger partial charge in [0.25, 0.3) is 0 Å². The summed E-state index contributed by atoms with van der Waals surface area (Å²) < 4.78 is 38.4. The number of amides is 1. The number of alkyl halides is 3. The Balaban J connectivity index is 1.74. The van der Waals surface area contributed by atoms with Gasteiger partial charge in [-0.1, -0.05) is 31.0 Å². The molecule has 1 aliphatic rings. The molecule has 2 rings (SSSR count). The summed E-state index contributed by atoms with van der Waals surface area (Å²) in [5, 5.41) is 0. The fourth-order valence-corrected chi connectivity index (χ4v) is 3.19. The summed E-state index contributed by atoms with van der Waals surface area (Å²) in [5.41, 5.74) is 5.49. The number of benzene rings is 1. The average Bonchev–Trinajstić information content (AvgIpc) is 2.61. The van der Waals surface area contributed by atoms with Gasteiger partial charge in [0.15, 0.2) is 0 Å². The predicted molar refractivity (Wildman–Crippen MR) is 95.4 cm³/mol. The van der Waals surface area contributed by atoms with Crippen molar-refractivity contribution in [1.29, 1.82) is 0 Å². The van der Waals surface area contributed by atoms with Gasteiger partial charge < -0.3 is 10.6 Å². The Morgan fingerprint density at radius 1 is 1.04 bits per heavy atom. The SMILES string of the molecule is NCCCCCCC(=O)N1CCN(Cc2cccc(C(F)(F)F)c2)CC1. The lowest BCUT2D eigenvalue weighted by molar-refractivity contribution is -0.137. The van der Waals surface area contributed by atoms with Crippen molar-refractivity contribution < 1.29 is 18.0 Å². The molecule has 0 bridgehead atoms. The van der Waals surface area contributed by atoms with Gasteiger partial charge in [0.1, 0.15) is 0 Å². The van der Waals surface area contributed by atoms with Crippen LogP contribution < -0.4 is 5.73 Å². The first-order chi connectivity index (χ1) is 12.4. The maximum absolute atomic E-state index is 12.8. The second kappa shape index (κ2) is 9.92. The Labute approximate surface area is 153 Å². The molecule has 26 heavy (non-hydrogen) atoms. The number of carbonyl (C=O) groups excluding carboxylic acids is 1. The number of nitrogens with zero attached hydrogens (tertiary/aromatic N) is 2. The Morgan fingerprint density at radius 2 is 1.73 bits per heavy atom. The number of unbranched alkanes of at least 4 members (excludes halogenated alkanes) is 3. The summed E-state index contributed by atoms with van der Waals surface area (Å²) in [6.07, 6.45) is 0.238. The van der Waals surface area contributed by atoms with Crippen LogP contribution >= 0.6 is 0 Å². The van der Waals surface area contributed by atoms with E-state index in [2.05, 4.69) is 4.90 Å². The molecule has 1 aromatic carbocycles. The van der Waals surface area contributed by atoms with Crippen LogP contribution in [0.1, 0.15) is 43.2 Å². The van der Waals surface area contributed by atoms with E-state index in [-0.39, 0.29) is 5.91 Å². The zero-order valence-corrected chi connectivity index (χ0v) is 15.1. The maximum atomic E-state index is 12.8. The zero-order chi connectivity index (χ0) is 19.0. The lowest BCUT2D eigenvalue weighted by atomic mass is 10.1. The van der Waals surface area contributed by atoms with Crippen LogP contribution in [0.15, 0.2) is 24.3 Å². The van der Waals surface area contributed by atoms with Gasteiger partial charge in [-0.3, -0.25) is 9.69 Å². The highest BCUT2D eigenvalue weighted by atomic mass is 19.4. The number of rotatable bonds is 8. The van der Waals surface area contributed by atoms with E-state index in [1.165, 1.54) is 12.1 Å². The summed E-state index contributed by atoms with van der Waals surface area (Å²) in [5.74, 6) is 0.177. The van der Waals surface area contributed by atoms with Crippen molar-refractivity contribution in [3.8, 4) is 0 Å². The highest BCUT2D eigenvalue weighted by molar-refractivity contribution is 5.76. The van der Waals surface area contributed by atoms with Crippen LogP contribution in [0.25, 0.3) is 0 Å². The van der Waals surface area contributed by atoms with Crippen LogP contribution in [0, 0.1) is 0 Å². The van der Waals surface area contributed by atoms with E-state index in [0.717, 1.165) is 31.7 Å². The van der Waals surface area contributed by atoms with E-state index in [1.807, 2.05) is 4.90 Å². The highest BCUT2D eigenvalue weighted by Crippen LogP contribution is 2.29. The van der Waals surface area contributed by atoms with Gasteiger partial charge >= 0.3 is 6.18 Å².